The molecule has 0 bridgehead atoms. The van der Waals surface area contributed by atoms with E-state index in [0.717, 1.165) is 39.3 Å². The van der Waals surface area contributed by atoms with E-state index in [1.165, 1.54) is 5.56 Å². The monoisotopic (exact) mass is 495 g/mol. The summed E-state index contributed by atoms with van der Waals surface area (Å²) in [4.78, 5) is 4.95. The Kier molecular flexibility index (Phi) is 5.95. The van der Waals surface area contributed by atoms with Crippen molar-refractivity contribution >= 4 is 17.4 Å². The summed E-state index contributed by atoms with van der Waals surface area (Å²) in [6.45, 7) is 6.98. The van der Waals surface area contributed by atoms with Crippen molar-refractivity contribution in [1.82, 2.24) is 24.1 Å². The molecule has 0 spiro atoms. The number of aromatic nitrogens is 5. The van der Waals surface area contributed by atoms with E-state index in [2.05, 4.69) is 63.1 Å². The highest BCUT2D eigenvalue weighted by Gasteiger charge is 2.28. The molecule has 4 heterocycles. The van der Waals surface area contributed by atoms with Crippen molar-refractivity contribution in [3.05, 3.63) is 103 Å². The van der Waals surface area contributed by atoms with Crippen LogP contribution in [0, 0.1) is 6.92 Å². The molecular formula is C28H25N5O2S. The predicted molar refractivity (Wildman–Crippen MR) is 140 cm³/mol. The predicted octanol–water partition coefficient (Wildman–Crippen LogP) is 5.89. The zero-order valence-electron chi connectivity index (χ0n) is 19.9. The van der Waals surface area contributed by atoms with Crippen LogP contribution in [0.5, 0.6) is 11.5 Å². The molecule has 7 nitrogen and oxygen atoms in total. The SMILES string of the molecule is C=CCn1c(SCc2c(-c3ccccc3)nc3ccc(C)cn23)nnc1C1COc2ccccc2O1. The van der Waals surface area contributed by atoms with Gasteiger partial charge >= 0.3 is 0 Å². The largest absolute Gasteiger partial charge is 0.485 e. The van der Waals surface area contributed by atoms with Crippen molar-refractivity contribution in [3.8, 4) is 22.8 Å². The van der Waals surface area contributed by atoms with Crippen LogP contribution in [0.1, 0.15) is 23.2 Å². The molecule has 5 aromatic rings. The lowest BCUT2D eigenvalue weighted by molar-refractivity contribution is 0.0821. The van der Waals surface area contributed by atoms with E-state index < -0.39 is 0 Å². The Morgan fingerprint density at radius 3 is 2.67 bits per heavy atom. The number of hydrogen-bond donors (Lipinski definition) is 0. The lowest BCUT2D eigenvalue weighted by atomic mass is 10.1. The number of rotatable bonds is 7. The van der Waals surface area contributed by atoms with Crippen LogP contribution in [-0.4, -0.2) is 30.8 Å². The van der Waals surface area contributed by atoms with Crippen molar-refractivity contribution in [3.63, 3.8) is 0 Å². The molecular weight excluding hydrogens is 470 g/mol. The quantitative estimate of drug-likeness (QED) is 0.207. The molecule has 6 rings (SSSR count). The molecule has 0 amide bonds. The van der Waals surface area contributed by atoms with Crippen LogP contribution in [0.15, 0.2) is 90.7 Å². The van der Waals surface area contributed by atoms with Gasteiger partial charge < -0.3 is 13.9 Å². The molecule has 2 aromatic carbocycles. The molecule has 36 heavy (non-hydrogen) atoms. The number of thioether (sulfide) groups is 1. The zero-order chi connectivity index (χ0) is 24.5. The fraction of sp³-hybridized carbons (Fsp3) is 0.179. The van der Waals surface area contributed by atoms with Crippen LogP contribution in [-0.2, 0) is 12.3 Å². The minimum Gasteiger partial charge on any atom is -0.485 e. The van der Waals surface area contributed by atoms with Crippen LogP contribution in [0.4, 0.5) is 0 Å². The lowest BCUT2D eigenvalue weighted by Crippen LogP contribution is -2.25. The van der Waals surface area contributed by atoms with Gasteiger partial charge in [0.15, 0.2) is 28.6 Å². The van der Waals surface area contributed by atoms with Crippen molar-refractivity contribution in [2.24, 2.45) is 0 Å². The summed E-state index contributed by atoms with van der Waals surface area (Å²) in [5, 5.41) is 9.83. The molecule has 1 unspecified atom stereocenters. The molecule has 8 heteroatoms. The maximum Gasteiger partial charge on any atom is 0.192 e. The summed E-state index contributed by atoms with van der Waals surface area (Å²) in [6.07, 6.45) is 3.64. The number of fused-ring (bicyclic) bond motifs is 2. The number of imidazole rings is 1. The van der Waals surface area contributed by atoms with Crippen LogP contribution >= 0.6 is 11.8 Å². The van der Waals surface area contributed by atoms with Gasteiger partial charge in [0, 0.05) is 24.1 Å². The number of aryl methyl sites for hydroxylation is 1. The molecule has 1 atom stereocenters. The highest BCUT2D eigenvalue weighted by atomic mass is 32.2. The first kappa shape index (κ1) is 22.4. The number of pyridine rings is 1. The molecule has 180 valence electrons. The van der Waals surface area contributed by atoms with Gasteiger partial charge in [-0.3, -0.25) is 4.57 Å². The fourth-order valence-electron chi connectivity index (χ4n) is 4.39. The Hall–Kier alpha value is -4.04. The number of allylic oxidation sites excluding steroid dienone is 1. The Morgan fingerprint density at radius 1 is 1.03 bits per heavy atom. The second-order valence-corrected chi connectivity index (χ2v) is 9.54. The smallest absolute Gasteiger partial charge is 0.192 e. The van der Waals surface area contributed by atoms with Crippen molar-refractivity contribution < 1.29 is 9.47 Å². The van der Waals surface area contributed by atoms with Crippen molar-refractivity contribution in [1.29, 1.82) is 0 Å². The van der Waals surface area contributed by atoms with Crippen molar-refractivity contribution in [2.75, 3.05) is 6.61 Å². The summed E-state index contributed by atoms with van der Waals surface area (Å²) in [5.74, 6) is 2.86. The Morgan fingerprint density at radius 2 is 1.83 bits per heavy atom. The third-order valence-electron chi connectivity index (χ3n) is 6.10. The molecule has 0 N–H and O–H groups in total. The van der Waals surface area contributed by atoms with Gasteiger partial charge in [-0.25, -0.2) is 4.98 Å². The van der Waals surface area contributed by atoms with Gasteiger partial charge in [0.25, 0.3) is 0 Å². The lowest BCUT2D eigenvalue weighted by Gasteiger charge is -2.26. The number of ether oxygens (including phenoxy) is 2. The number of benzene rings is 2. The molecule has 3 aromatic heterocycles. The molecule has 1 aliphatic rings. The maximum atomic E-state index is 6.21. The average molecular weight is 496 g/mol. The number of nitrogens with zero attached hydrogens (tertiary/aromatic N) is 5. The van der Waals surface area contributed by atoms with Gasteiger partial charge in [-0.1, -0.05) is 66.4 Å². The topological polar surface area (TPSA) is 66.5 Å². The first-order valence-corrected chi connectivity index (χ1v) is 12.8. The van der Waals surface area contributed by atoms with E-state index in [-0.39, 0.29) is 6.10 Å². The van der Waals surface area contributed by atoms with Gasteiger partial charge in [-0.2, -0.15) is 0 Å². The average Bonchev–Trinajstić information content (AvgIpc) is 3.48. The summed E-state index contributed by atoms with van der Waals surface area (Å²) in [5.41, 5.74) is 5.29. The Labute approximate surface area is 213 Å². The second-order valence-electron chi connectivity index (χ2n) is 8.60. The third kappa shape index (κ3) is 4.13. The Bertz CT molecular complexity index is 1540. The summed E-state index contributed by atoms with van der Waals surface area (Å²) in [7, 11) is 0. The van der Waals surface area contributed by atoms with Crippen LogP contribution in [0.3, 0.4) is 0 Å². The maximum absolute atomic E-state index is 6.21. The molecule has 0 saturated carbocycles. The molecule has 0 fully saturated rings. The van der Waals surface area contributed by atoms with E-state index in [1.807, 2.05) is 48.5 Å². The van der Waals surface area contributed by atoms with Gasteiger partial charge in [0.05, 0.1) is 11.4 Å². The summed E-state index contributed by atoms with van der Waals surface area (Å²) in [6, 6.07) is 22.1. The normalized spacial score (nSPS) is 14.8. The van der Waals surface area contributed by atoms with E-state index >= 15 is 0 Å². The highest BCUT2D eigenvalue weighted by Crippen LogP contribution is 2.37. The van der Waals surface area contributed by atoms with Crippen LogP contribution in [0.25, 0.3) is 16.9 Å². The standard InChI is InChI=1S/C28H25N5O2S/c1-3-15-32-27(24-17-34-22-11-7-8-12-23(22)35-24)30-31-28(32)36-18-21-26(20-9-5-4-6-10-20)29-25-14-13-19(2)16-33(21)25/h3-14,16,24H,1,15,17-18H2,2H3. The molecule has 0 aliphatic carbocycles. The van der Waals surface area contributed by atoms with Crippen LogP contribution < -0.4 is 9.47 Å². The summed E-state index contributed by atoms with van der Waals surface area (Å²) < 4.78 is 16.4. The van der Waals surface area contributed by atoms with Crippen molar-refractivity contribution in [2.45, 2.75) is 30.5 Å². The summed E-state index contributed by atoms with van der Waals surface area (Å²) >= 11 is 1.63. The van der Waals surface area contributed by atoms with Gasteiger partial charge in [-0.05, 0) is 30.7 Å². The van der Waals surface area contributed by atoms with E-state index in [9.17, 15) is 0 Å². The minimum absolute atomic E-state index is 0.347. The van der Waals surface area contributed by atoms with E-state index in [0.29, 0.717) is 24.7 Å². The van der Waals surface area contributed by atoms with E-state index in [1.54, 1.807) is 11.8 Å². The van der Waals surface area contributed by atoms with Crippen LogP contribution in [0.2, 0.25) is 0 Å². The molecule has 1 aliphatic heterocycles. The Balaban J connectivity index is 1.33. The van der Waals surface area contributed by atoms with E-state index in [4.69, 9.17) is 14.5 Å². The highest BCUT2D eigenvalue weighted by molar-refractivity contribution is 7.98. The fourth-order valence-corrected chi connectivity index (χ4v) is 5.35. The first-order chi connectivity index (χ1) is 17.7. The minimum atomic E-state index is -0.347. The second kappa shape index (κ2) is 9.54. The number of para-hydroxylation sites is 2. The zero-order valence-corrected chi connectivity index (χ0v) is 20.7. The molecule has 0 radical (unpaired) electrons. The first-order valence-electron chi connectivity index (χ1n) is 11.8. The molecule has 0 saturated heterocycles. The van der Waals surface area contributed by atoms with Gasteiger partial charge in [0.1, 0.15) is 12.3 Å². The third-order valence-corrected chi connectivity index (χ3v) is 7.08. The number of hydrogen-bond acceptors (Lipinski definition) is 6. The van der Waals surface area contributed by atoms with Gasteiger partial charge in [-0.15, -0.1) is 16.8 Å². The van der Waals surface area contributed by atoms with Gasteiger partial charge in [0.2, 0.25) is 0 Å².